The summed E-state index contributed by atoms with van der Waals surface area (Å²) in [7, 11) is 0. The van der Waals surface area contributed by atoms with Gasteiger partial charge in [0, 0.05) is 36.9 Å². The third-order valence-corrected chi connectivity index (χ3v) is 8.24. The molecule has 210 valence electrons. The van der Waals surface area contributed by atoms with E-state index in [4.69, 9.17) is 0 Å². The topological polar surface area (TPSA) is 58.9 Å². The lowest BCUT2D eigenvalue weighted by Gasteiger charge is -2.34. The second-order valence-corrected chi connectivity index (χ2v) is 11.7. The first-order valence-electron chi connectivity index (χ1n) is 14.2. The van der Waals surface area contributed by atoms with Crippen LogP contribution in [0, 0.1) is 11.8 Å². The fourth-order valence-electron chi connectivity index (χ4n) is 6.00. The van der Waals surface area contributed by atoms with Gasteiger partial charge in [-0.2, -0.15) is 13.2 Å². The molecule has 2 atom stereocenters. The van der Waals surface area contributed by atoms with E-state index in [-0.39, 0.29) is 24.2 Å². The molecule has 2 aromatic heterocycles. The third kappa shape index (κ3) is 6.45. The van der Waals surface area contributed by atoms with Crippen LogP contribution in [-0.2, 0) is 19.3 Å². The number of hydrogen-bond donors (Lipinski definition) is 1. The van der Waals surface area contributed by atoms with Crippen molar-refractivity contribution in [2.75, 3.05) is 18.4 Å². The molecule has 1 unspecified atom stereocenters. The number of benzene rings is 1. The molecule has 1 aliphatic heterocycles. The highest BCUT2D eigenvalue weighted by atomic mass is 19.4. The molecule has 5 rings (SSSR count). The first-order valence-corrected chi connectivity index (χ1v) is 14.2. The summed E-state index contributed by atoms with van der Waals surface area (Å²) in [4.78, 5) is 6.52. The molecule has 6 nitrogen and oxygen atoms in total. The highest BCUT2D eigenvalue weighted by Gasteiger charge is 2.35. The Morgan fingerprint density at radius 1 is 1.10 bits per heavy atom. The fraction of sp³-hybridized carbons (Fsp3) is 0.567. The zero-order chi connectivity index (χ0) is 27.6. The van der Waals surface area contributed by atoms with Crippen LogP contribution in [0.15, 0.2) is 42.9 Å². The highest BCUT2D eigenvalue weighted by molar-refractivity contribution is 5.48. The van der Waals surface area contributed by atoms with E-state index < -0.39 is 11.7 Å². The number of halogens is 3. The molecule has 3 aromatic rings. The van der Waals surface area contributed by atoms with Crippen LogP contribution >= 0.6 is 0 Å². The van der Waals surface area contributed by atoms with Gasteiger partial charge in [0.25, 0.3) is 0 Å². The van der Waals surface area contributed by atoms with Crippen molar-refractivity contribution in [3.05, 3.63) is 71.1 Å². The van der Waals surface area contributed by atoms with E-state index in [2.05, 4.69) is 56.8 Å². The number of rotatable bonds is 9. The van der Waals surface area contributed by atoms with Crippen LogP contribution in [-0.4, -0.2) is 37.7 Å². The number of nitrogens with one attached hydrogen (secondary N) is 1. The summed E-state index contributed by atoms with van der Waals surface area (Å²) < 4.78 is 44.3. The molecule has 0 bridgehead atoms. The van der Waals surface area contributed by atoms with Gasteiger partial charge in [0.15, 0.2) is 0 Å². The molecule has 0 spiro atoms. The smallest absolute Gasteiger partial charge is 0.379 e. The van der Waals surface area contributed by atoms with Gasteiger partial charge in [-0.15, -0.1) is 10.2 Å². The summed E-state index contributed by atoms with van der Waals surface area (Å²) in [5.41, 5.74) is 1.84. The normalized spacial score (nSPS) is 19.7. The van der Waals surface area contributed by atoms with Crippen LogP contribution in [0.1, 0.15) is 93.0 Å². The maximum Gasteiger partial charge on any atom is 0.418 e. The van der Waals surface area contributed by atoms with Gasteiger partial charge >= 0.3 is 6.18 Å². The molecule has 3 heterocycles. The van der Waals surface area contributed by atoms with Gasteiger partial charge < -0.3 is 9.88 Å². The molecule has 39 heavy (non-hydrogen) atoms. The van der Waals surface area contributed by atoms with Crippen molar-refractivity contribution in [2.24, 2.45) is 11.8 Å². The minimum atomic E-state index is -4.46. The van der Waals surface area contributed by atoms with Crippen molar-refractivity contribution in [1.29, 1.82) is 0 Å². The molecule has 1 N–H and O–H groups in total. The Labute approximate surface area is 229 Å². The zero-order valence-electron chi connectivity index (χ0n) is 23.1. The van der Waals surface area contributed by atoms with Crippen molar-refractivity contribution in [3.8, 4) is 0 Å². The Kier molecular flexibility index (Phi) is 8.26. The van der Waals surface area contributed by atoms with E-state index >= 15 is 0 Å². The van der Waals surface area contributed by atoms with Crippen LogP contribution in [0.2, 0.25) is 0 Å². The lowest BCUT2D eigenvalue weighted by atomic mass is 9.72. The van der Waals surface area contributed by atoms with E-state index in [1.807, 2.05) is 18.2 Å². The van der Waals surface area contributed by atoms with Gasteiger partial charge in [-0.3, -0.25) is 9.88 Å². The Bertz CT molecular complexity index is 1250. The van der Waals surface area contributed by atoms with Crippen LogP contribution in [0.4, 0.5) is 18.9 Å². The summed E-state index contributed by atoms with van der Waals surface area (Å²) in [5.74, 6) is 2.10. The van der Waals surface area contributed by atoms with E-state index in [1.54, 1.807) is 12.5 Å². The molecule has 1 aromatic carbocycles. The van der Waals surface area contributed by atoms with Crippen LogP contribution < -0.4 is 5.32 Å². The average Bonchev–Trinajstić information content (AvgIpc) is 3.35. The predicted molar refractivity (Wildman–Crippen MR) is 146 cm³/mol. The number of pyridine rings is 1. The summed E-state index contributed by atoms with van der Waals surface area (Å²) in [6.07, 6.45) is 4.65. The molecule has 0 amide bonds. The maximum atomic E-state index is 14.1. The molecular formula is C30H39F3N6. The second-order valence-electron chi connectivity index (χ2n) is 11.7. The largest absolute Gasteiger partial charge is 0.418 e. The maximum absolute atomic E-state index is 14.1. The lowest BCUT2D eigenvalue weighted by Crippen LogP contribution is -2.33. The number of alkyl halides is 3. The number of likely N-dealkylation sites (tertiary alicyclic amines) is 1. The first kappa shape index (κ1) is 27.6. The van der Waals surface area contributed by atoms with Crippen molar-refractivity contribution in [2.45, 2.75) is 84.1 Å². The van der Waals surface area contributed by atoms with E-state index in [9.17, 15) is 13.2 Å². The van der Waals surface area contributed by atoms with E-state index in [1.165, 1.54) is 18.9 Å². The molecule has 1 saturated carbocycles. The zero-order valence-corrected chi connectivity index (χ0v) is 23.1. The summed E-state index contributed by atoms with van der Waals surface area (Å²) >= 11 is 0. The minimum absolute atomic E-state index is 0.00437. The van der Waals surface area contributed by atoms with Gasteiger partial charge in [0.05, 0.1) is 17.8 Å². The molecule has 2 aliphatic rings. The number of anilines is 1. The summed E-state index contributed by atoms with van der Waals surface area (Å²) in [6.45, 7) is 8.75. The predicted octanol–water partition coefficient (Wildman–Crippen LogP) is 7.05. The van der Waals surface area contributed by atoms with Crippen molar-refractivity contribution in [3.63, 3.8) is 0 Å². The number of aromatic nitrogens is 4. The Morgan fingerprint density at radius 2 is 1.92 bits per heavy atom. The SMILES string of the molecule is CC(C)n1cnnc1C(c1cccc(NCc2ncc(CN3CCC[C@H](C)C3)cc2C(F)(F)F)c1)C1CCC1. The molecule has 9 heteroatoms. The fourth-order valence-corrected chi connectivity index (χ4v) is 6.00. The monoisotopic (exact) mass is 540 g/mol. The second kappa shape index (κ2) is 11.7. The van der Waals surface area contributed by atoms with Crippen molar-refractivity contribution >= 4 is 5.69 Å². The summed E-state index contributed by atoms with van der Waals surface area (Å²) in [5, 5.41) is 11.9. The van der Waals surface area contributed by atoms with E-state index in [0.29, 0.717) is 23.9 Å². The van der Waals surface area contributed by atoms with Gasteiger partial charge in [0.2, 0.25) is 0 Å². The first-order chi connectivity index (χ1) is 18.7. The van der Waals surface area contributed by atoms with Gasteiger partial charge in [-0.05, 0) is 87.2 Å². The van der Waals surface area contributed by atoms with Gasteiger partial charge in [-0.1, -0.05) is 25.5 Å². The highest BCUT2D eigenvalue weighted by Crippen LogP contribution is 2.43. The van der Waals surface area contributed by atoms with Crippen molar-refractivity contribution < 1.29 is 13.2 Å². The van der Waals surface area contributed by atoms with Crippen LogP contribution in [0.25, 0.3) is 0 Å². The number of nitrogens with zero attached hydrogens (tertiary/aromatic N) is 5. The third-order valence-electron chi connectivity index (χ3n) is 8.24. The molecular weight excluding hydrogens is 501 g/mol. The van der Waals surface area contributed by atoms with Crippen LogP contribution in [0.5, 0.6) is 0 Å². The Morgan fingerprint density at radius 3 is 2.62 bits per heavy atom. The molecule has 1 aliphatic carbocycles. The number of piperidine rings is 1. The lowest BCUT2D eigenvalue weighted by molar-refractivity contribution is -0.138. The van der Waals surface area contributed by atoms with E-state index in [0.717, 1.165) is 49.4 Å². The van der Waals surface area contributed by atoms with Crippen LogP contribution in [0.3, 0.4) is 0 Å². The Balaban J connectivity index is 1.34. The summed E-state index contributed by atoms with van der Waals surface area (Å²) in [6, 6.07) is 9.51. The quantitative estimate of drug-likeness (QED) is 0.315. The van der Waals surface area contributed by atoms with Crippen molar-refractivity contribution in [1.82, 2.24) is 24.6 Å². The number of hydrogen-bond acceptors (Lipinski definition) is 5. The Hall–Kier alpha value is -2.94. The molecule has 1 saturated heterocycles. The average molecular weight is 541 g/mol. The molecule has 2 fully saturated rings. The van der Waals surface area contributed by atoms with Gasteiger partial charge in [-0.25, -0.2) is 0 Å². The minimum Gasteiger partial charge on any atom is -0.379 e. The molecule has 0 radical (unpaired) electrons. The van der Waals surface area contributed by atoms with Gasteiger partial charge in [0.1, 0.15) is 12.2 Å². The standard InChI is InChI=1S/C30H39F3N6/c1-20(2)39-19-36-37-29(39)28(23-8-4-9-23)24-10-5-11-25(14-24)34-16-27-26(30(31,32)33)13-22(15-35-27)18-38-12-6-7-21(3)17-38/h5,10-11,13-15,19-21,23,28,34H,4,6-9,12,16-18H2,1-3H3/t21-,28?/m0/s1.